The minimum Gasteiger partial charge on any atom is -0.392 e. The monoisotopic (exact) mass is 246 g/mol. The molecule has 1 aromatic heterocycles. The molecule has 2 aromatic rings. The quantitative estimate of drug-likeness (QED) is 0.774. The first-order chi connectivity index (χ1) is 7.04. The standard InChI is InChI=1S/C8H7ClN2O3S/c9-15(13,14)6-2-1-5(3-12)7-8(6)11-4-10-7/h1-2,4,12H,3H2,(H,10,11). The van der Waals surface area contributed by atoms with Gasteiger partial charge in [-0.3, -0.25) is 0 Å². The van der Waals surface area contributed by atoms with Crippen LogP contribution in [0.2, 0.25) is 0 Å². The number of nitrogens with zero attached hydrogens (tertiary/aromatic N) is 1. The molecule has 0 aliphatic carbocycles. The van der Waals surface area contributed by atoms with Gasteiger partial charge in [-0.05, 0) is 6.07 Å². The summed E-state index contributed by atoms with van der Waals surface area (Å²) >= 11 is 0. The van der Waals surface area contributed by atoms with Gasteiger partial charge in [-0.2, -0.15) is 0 Å². The van der Waals surface area contributed by atoms with E-state index >= 15 is 0 Å². The Kier molecular flexibility index (Phi) is 2.41. The van der Waals surface area contributed by atoms with Crippen molar-refractivity contribution >= 4 is 30.8 Å². The Balaban J connectivity index is 2.86. The van der Waals surface area contributed by atoms with Gasteiger partial charge in [0.2, 0.25) is 0 Å². The van der Waals surface area contributed by atoms with E-state index in [1.807, 2.05) is 0 Å². The van der Waals surface area contributed by atoms with Crippen molar-refractivity contribution in [3.63, 3.8) is 0 Å². The highest BCUT2D eigenvalue weighted by molar-refractivity contribution is 8.14. The topological polar surface area (TPSA) is 83.1 Å². The number of benzene rings is 1. The number of aromatic amines is 1. The zero-order chi connectivity index (χ0) is 11.1. The molecule has 5 nitrogen and oxygen atoms in total. The molecule has 0 amide bonds. The molecule has 15 heavy (non-hydrogen) atoms. The Morgan fingerprint density at radius 1 is 1.47 bits per heavy atom. The van der Waals surface area contributed by atoms with E-state index in [0.29, 0.717) is 16.6 Å². The van der Waals surface area contributed by atoms with Crippen LogP contribution in [-0.4, -0.2) is 23.5 Å². The SMILES string of the molecule is O=S(=O)(Cl)c1ccc(CO)c2nc[nH]c12. The number of imidazole rings is 1. The smallest absolute Gasteiger partial charge is 0.263 e. The molecular formula is C8H7ClN2O3S. The van der Waals surface area contributed by atoms with Gasteiger partial charge in [0.05, 0.1) is 24.0 Å². The minimum atomic E-state index is -3.80. The summed E-state index contributed by atoms with van der Waals surface area (Å²) in [7, 11) is 1.45. The van der Waals surface area contributed by atoms with Gasteiger partial charge in [-0.25, -0.2) is 13.4 Å². The number of nitrogens with one attached hydrogen (secondary N) is 1. The molecule has 2 rings (SSSR count). The van der Waals surface area contributed by atoms with Crippen molar-refractivity contribution in [1.29, 1.82) is 0 Å². The molecule has 80 valence electrons. The van der Waals surface area contributed by atoms with Crippen molar-refractivity contribution < 1.29 is 13.5 Å². The van der Waals surface area contributed by atoms with Crippen LogP contribution >= 0.6 is 10.7 Å². The molecule has 0 fully saturated rings. The number of hydrogen-bond acceptors (Lipinski definition) is 4. The average Bonchev–Trinajstić information content (AvgIpc) is 2.62. The molecular weight excluding hydrogens is 240 g/mol. The van der Waals surface area contributed by atoms with Crippen LogP contribution in [0.5, 0.6) is 0 Å². The highest BCUT2D eigenvalue weighted by atomic mass is 35.7. The molecule has 0 bridgehead atoms. The van der Waals surface area contributed by atoms with Crippen molar-refractivity contribution in [2.45, 2.75) is 11.5 Å². The Morgan fingerprint density at radius 3 is 2.80 bits per heavy atom. The van der Waals surface area contributed by atoms with E-state index in [1.54, 1.807) is 0 Å². The van der Waals surface area contributed by atoms with Crippen LogP contribution in [0.3, 0.4) is 0 Å². The lowest BCUT2D eigenvalue weighted by Gasteiger charge is -2.01. The third kappa shape index (κ3) is 1.71. The fourth-order valence-corrected chi connectivity index (χ4v) is 2.41. The second-order valence-electron chi connectivity index (χ2n) is 2.94. The van der Waals surface area contributed by atoms with E-state index in [1.165, 1.54) is 18.5 Å². The van der Waals surface area contributed by atoms with E-state index in [0.717, 1.165) is 0 Å². The molecule has 0 saturated carbocycles. The van der Waals surface area contributed by atoms with Gasteiger partial charge in [0.15, 0.2) is 0 Å². The minimum absolute atomic E-state index is 0.0335. The Bertz CT molecular complexity index is 605. The highest BCUT2D eigenvalue weighted by Crippen LogP contribution is 2.25. The summed E-state index contributed by atoms with van der Waals surface area (Å²) in [4.78, 5) is 6.58. The number of aliphatic hydroxyl groups excluding tert-OH is 1. The number of fused-ring (bicyclic) bond motifs is 1. The van der Waals surface area contributed by atoms with E-state index in [9.17, 15) is 8.42 Å². The largest absolute Gasteiger partial charge is 0.392 e. The van der Waals surface area contributed by atoms with Gasteiger partial charge >= 0.3 is 0 Å². The van der Waals surface area contributed by atoms with Crippen LogP contribution in [0.25, 0.3) is 11.0 Å². The number of rotatable bonds is 2. The van der Waals surface area contributed by atoms with Crippen LogP contribution < -0.4 is 0 Å². The Morgan fingerprint density at radius 2 is 2.20 bits per heavy atom. The lowest BCUT2D eigenvalue weighted by molar-refractivity contribution is 0.283. The number of hydrogen-bond donors (Lipinski definition) is 2. The molecule has 0 spiro atoms. The van der Waals surface area contributed by atoms with Crippen LogP contribution in [0, 0.1) is 0 Å². The molecule has 0 aliphatic heterocycles. The van der Waals surface area contributed by atoms with Gasteiger partial charge in [-0.15, -0.1) is 0 Å². The number of H-pyrrole nitrogens is 1. The zero-order valence-electron chi connectivity index (χ0n) is 7.44. The molecule has 2 N–H and O–H groups in total. The van der Waals surface area contributed by atoms with Crippen LogP contribution in [-0.2, 0) is 15.7 Å². The third-order valence-electron chi connectivity index (χ3n) is 2.06. The van der Waals surface area contributed by atoms with Crippen molar-refractivity contribution in [3.05, 3.63) is 24.0 Å². The normalized spacial score (nSPS) is 12.1. The molecule has 7 heteroatoms. The zero-order valence-corrected chi connectivity index (χ0v) is 9.01. The molecule has 0 radical (unpaired) electrons. The number of aromatic nitrogens is 2. The summed E-state index contributed by atoms with van der Waals surface area (Å²) in [5.41, 5.74) is 1.28. The summed E-state index contributed by atoms with van der Waals surface area (Å²) in [6.45, 7) is -0.204. The summed E-state index contributed by atoms with van der Waals surface area (Å²) in [5.74, 6) is 0. The van der Waals surface area contributed by atoms with E-state index in [4.69, 9.17) is 15.8 Å². The van der Waals surface area contributed by atoms with Crippen LogP contribution in [0.4, 0.5) is 0 Å². The average molecular weight is 247 g/mol. The maximum atomic E-state index is 11.2. The van der Waals surface area contributed by atoms with Gasteiger partial charge in [0, 0.05) is 16.2 Å². The molecule has 0 saturated heterocycles. The molecule has 1 heterocycles. The number of aliphatic hydroxyl groups is 1. The maximum Gasteiger partial charge on any atom is 0.263 e. The fraction of sp³-hybridized carbons (Fsp3) is 0.125. The van der Waals surface area contributed by atoms with Crippen LogP contribution in [0.15, 0.2) is 23.4 Å². The summed E-state index contributed by atoms with van der Waals surface area (Å²) in [6.07, 6.45) is 1.36. The number of halogens is 1. The molecule has 0 unspecified atom stereocenters. The predicted octanol–water partition coefficient (Wildman–Crippen LogP) is 0.983. The first kappa shape index (κ1) is 10.4. The van der Waals surface area contributed by atoms with Gasteiger partial charge < -0.3 is 10.1 Å². The summed E-state index contributed by atoms with van der Waals surface area (Å²) in [6, 6.07) is 2.83. The second kappa shape index (κ2) is 3.48. The van der Waals surface area contributed by atoms with E-state index in [-0.39, 0.29) is 11.5 Å². The van der Waals surface area contributed by atoms with Crippen molar-refractivity contribution in [3.8, 4) is 0 Å². The lowest BCUT2D eigenvalue weighted by Crippen LogP contribution is -1.95. The maximum absolute atomic E-state index is 11.2. The molecule has 0 aliphatic rings. The Labute approximate surface area is 90.1 Å². The van der Waals surface area contributed by atoms with Crippen molar-refractivity contribution in [2.75, 3.05) is 0 Å². The predicted molar refractivity (Wildman–Crippen MR) is 55.1 cm³/mol. The molecule has 1 aromatic carbocycles. The van der Waals surface area contributed by atoms with Crippen molar-refractivity contribution in [1.82, 2.24) is 9.97 Å². The summed E-state index contributed by atoms with van der Waals surface area (Å²) < 4.78 is 22.4. The van der Waals surface area contributed by atoms with E-state index < -0.39 is 9.05 Å². The fourth-order valence-electron chi connectivity index (χ4n) is 1.39. The van der Waals surface area contributed by atoms with Gasteiger partial charge in [0.25, 0.3) is 9.05 Å². The second-order valence-corrected chi connectivity index (χ2v) is 5.48. The highest BCUT2D eigenvalue weighted by Gasteiger charge is 2.17. The van der Waals surface area contributed by atoms with Gasteiger partial charge in [0.1, 0.15) is 4.90 Å². The summed E-state index contributed by atoms with van der Waals surface area (Å²) in [5, 5.41) is 9.01. The van der Waals surface area contributed by atoms with Crippen molar-refractivity contribution in [2.24, 2.45) is 0 Å². The molecule has 0 atom stereocenters. The Hall–Kier alpha value is -1.11. The third-order valence-corrected chi connectivity index (χ3v) is 3.42. The van der Waals surface area contributed by atoms with Crippen LogP contribution in [0.1, 0.15) is 5.56 Å². The first-order valence-electron chi connectivity index (χ1n) is 4.04. The van der Waals surface area contributed by atoms with E-state index in [2.05, 4.69) is 9.97 Å². The first-order valence-corrected chi connectivity index (χ1v) is 6.35. The van der Waals surface area contributed by atoms with Gasteiger partial charge in [-0.1, -0.05) is 6.07 Å². The lowest BCUT2D eigenvalue weighted by atomic mass is 10.2.